The quantitative estimate of drug-likeness (QED) is 0.281. The average Bonchev–Trinajstić information content (AvgIpc) is 3.17. The van der Waals surface area contributed by atoms with Crippen LogP contribution in [0.3, 0.4) is 0 Å². The molecule has 33 heavy (non-hydrogen) atoms. The lowest BCUT2D eigenvalue weighted by Gasteiger charge is -2.31. The number of carboxylic acid groups (broad SMARTS) is 1. The molecule has 1 saturated carbocycles. The lowest BCUT2D eigenvalue weighted by Crippen LogP contribution is -2.15. The number of carbonyl (C=O) groups is 1. The standard InChI is InChI=1S/C29H26N2O2/c1-31-26-16-15-24(18-25(26)19-30-31)29(23-13-10-20(11-14-23)12-17-27(32)33)28(22-8-5-9-22)21-6-3-2-4-7-21/h2-4,6-7,10-19,22H,5,8-9H2,1H3,(H,32,33)/b17-12+,29-28-. The zero-order chi connectivity index (χ0) is 22.8. The molecule has 0 radical (unpaired) electrons. The molecule has 0 saturated heterocycles. The van der Waals surface area contributed by atoms with Gasteiger partial charge in [-0.1, -0.05) is 67.1 Å². The van der Waals surface area contributed by atoms with Crippen molar-refractivity contribution in [1.82, 2.24) is 9.78 Å². The summed E-state index contributed by atoms with van der Waals surface area (Å²) in [5.41, 5.74) is 8.18. The van der Waals surface area contributed by atoms with Gasteiger partial charge < -0.3 is 5.11 Å². The van der Waals surface area contributed by atoms with Crippen LogP contribution in [-0.2, 0) is 11.8 Å². The maximum Gasteiger partial charge on any atom is 0.328 e. The number of benzene rings is 3. The van der Waals surface area contributed by atoms with Gasteiger partial charge in [-0.05, 0) is 70.4 Å². The number of aliphatic carboxylic acids is 1. The highest BCUT2D eigenvalue weighted by atomic mass is 16.4. The molecule has 0 bridgehead atoms. The monoisotopic (exact) mass is 434 g/mol. The van der Waals surface area contributed by atoms with E-state index in [-0.39, 0.29) is 0 Å². The van der Waals surface area contributed by atoms with Crippen molar-refractivity contribution in [2.45, 2.75) is 19.3 Å². The number of hydrogen-bond acceptors (Lipinski definition) is 2. The molecular weight excluding hydrogens is 408 g/mol. The van der Waals surface area contributed by atoms with Crippen LogP contribution < -0.4 is 0 Å². The molecule has 0 spiro atoms. The predicted octanol–water partition coefficient (Wildman–Crippen LogP) is 6.43. The number of carboxylic acids is 1. The van der Waals surface area contributed by atoms with Gasteiger partial charge in [0.15, 0.2) is 0 Å². The summed E-state index contributed by atoms with van der Waals surface area (Å²) in [6.45, 7) is 0. The molecule has 4 heteroatoms. The largest absolute Gasteiger partial charge is 0.478 e. The highest BCUT2D eigenvalue weighted by Crippen LogP contribution is 2.45. The maximum absolute atomic E-state index is 10.9. The molecule has 0 atom stereocenters. The smallest absolute Gasteiger partial charge is 0.328 e. The summed E-state index contributed by atoms with van der Waals surface area (Å²) in [5.74, 6) is -0.417. The third-order valence-corrected chi connectivity index (χ3v) is 6.52. The summed E-state index contributed by atoms with van der Waals surface area (Å²) < 4.78 is 1.90. The Bertz CT molecular complexity index is 1360. The Labute approximate surface area is 193 Å². The van der Waals surface area contributed by atoms with Crippen molar-refractivity contribution in [3.05, 3.63) is 107 Å². The van der Waals surface area contributed by atoms with Gasteiger partial charge in [-0.15, -0.1) is 0 Å². The summed E-state index contributed by atoms with van der Waals surface area (Å²) in [4.78, 5) is 10.9. The van der Waals surface area contributed by atoms with E-state index in [0.717, 1.165) is 22.0 Å². The number of rotatable bonds is 6. The van der Waals surface area contributed by atoms with Gasteiger partial charge in [0.05, 0.1) is 11.7 Å². The first-order valence-electron chi connectivity index (χ1n) is 11.3. The zero-order valence-corrected chi connectivity index (χ0v) is 18.6. The minimum Gasteiger partial charge on any atom is -0.478 e. The lowest BCUT2D eigenvalue weighted by molar-refractivity contribution is -0.131. The van der Waals surface area contributed by atoms with Gasteiger partial charge >= 0.3 is 5.97 Å². The highest BCUT2D eigenvalue weighted by Gasteiger charge is 2.27. The SMILES string of the molecule is Cn1ncc2cc(/C(=C(/c3ccccc3)C3CCC3)c3ccc(/C=C/C(=O)O)cc3)ccc21. The van der Waals surface area contributed by atoms with Crippen LogP contribution in [0.15, 0.2) is 85.1 Å². The highest BCUT2D eigenvalue weighted by molar-refractivity contribution is 6.01. The number of nitrogens with zero attached hydrogens (tertiary/aromatic N) is 2. The van der Waals surface area contributed by atoms with Gasteiger partial charge in [0.1, 0.15) is 0 Å². The van der Waals surface area contributed by atoms with Gasteiger partial charge in [-0.25, -0.2) is 4.79 Å². The zero-order valence-electron chi connectivity index (χ0n) is 18.6. The Balaban J connectivity index is 1.72. The Morgan fingerprint density at radius 1 is 0.970 bits per heavy atom. The number of aryl methyl sites for hydroxylation is 1. The number of aromatic nitrogens is 2. The molecule has 5 rings (SSSR count). The first-order chi connectivity index (χ1) is 16.1. The van der Waals surface area contributed by atoms with E-state index < -0.39 is 5.97 Å². The van der Waals surface area contributed by atoms with Crippen LogP contribution in [-0.4, -0.2) is 20.9 Å². The fraction of sp³-hybridized carbons (Fsp3) is 0.172. The lowest BCUT2D eigenvalue weighted by atomic mass is 9.73. The van der Waals surface area contributed by atoms with E-state index in [0.29, 0.717) is 5.92 Å². The van der Waals surface area contributed by atoms with Gasteiger partial charge in [-0.3, -0.25) is 4.68 Å². The Hall–Kier alpha value is -3.92. The number of hydrogen-bond donors (Lipinski definition) is 1. The Morgan fingerprint density at radius 2 is 1.70 bits per heavy atom. The molecule has 1 N–H and O–H groups in total. The number of fused-ring (bicyclic) bond motifs is 1. The molecule has 1 heterocycles. The molecule has 1 aliphatic rings. The first-order valence-corrected chi connectivity index (χ1v) is 11.3. The molecule has 1 fully saturated rings. The summed E-state index contributed by atoms with van der Waals surface area (Å²) in [6, 6.07) is 25.4. The fourth-order valence-corrected chi connectivity index (χ4v) is 4.62. The van der Waals surface area contributed by atoms with E-state index in [1.54, 1.807) is 6.08 Å². The van der Waals surface area contributed by atoms with Gasteiger partial charge in [0.2, 0.25) is 0 Å². The average molecular weight is 435 g/mol. The van der Waals surface area contributed by atoms with Crippen molar-refractivity contribution < 1.29 is 9.90 Å². The second-order valence-electron chi connectivity index (χ2n) is 8.62. The van der Waals surface area contributed by atoms with Crippen LogP contribution in [0.1, 0.15) is 41.5 Å². The van der Waals surface area contributed by atoms with Crippen LogP contribution in [0.4, 0.5) is 0 Å². The van der Waals surface area contributed by atoms with E-state index in [1.165, 1.54) is 47.6 Å². The minimum absolute atomic E-state index is 0.526. The molecule has 3 aromatic carbocycles. The van der Waals surface area contributed by atoms with E-state index in [4.69, 9.17) is 5.11 Å². The Kier molecular flexibility index (Phi) is 5.66. The van der Waals surface area contributed by atoms with Crippen LogP contribution in [0.25, 0.3) is 28.1 Å². The van der Waals surface area contributed by atoms with Crippen molar-refractivity contribution in [1.29, 1.82) is 0 Å². The maximum atomic E-state index is 10.9. The molecule has 0 aliphatic heterocycles. The van der Waals surface area contributed by atoms with Crippen molar-refractivity contribution in [2.24, 2.45) is 13.0 Å². The fourth-order valence-electron chi connectivity index (χ4n) is 4.62. The van der Waals surface area contributed by atoms with Crippen molar-refractivity contribution in [3.8, 4) is 0 Å². The molecule has 4 nitrogen and oxygen atoms in total. The van der Waals surface area contributed by atoms with E-state index in [1.807, 2.05) is 30.1 Å². The van der Waals surface area contributed by atoms with Crippen LogP contribution in [0.5, 0.6) is 0 Å². The molecule has 1 aromatic heterocycles. The first kappa shape index (κ1) is 21.0. The molecule has 1 aliphatic carbocycles. The van der Waals surface area contributed by atoms with Gasteiger partial charge in [-0.2, -0.15) is 5.10 Å². The Morgan fingerprint density at radius 3 is 2.36 bits per heavy atom. The topological polar surface area (TPSA) is 55.1 Å². The van der Waals surface area contributed by atoms with Crippen LogP contribution in [0.2, 0.25) is 0 Å². The van der Waals surface area contributed by atoms with E-state index in [9.17, 15) is 4.79 Å². The second-order valence-corrected chi connectivity index (χ2v) is 8.62. The summed E-state index contributed by atoms with van der Waals surface area (Å²) >= 11 is 0. The van der Waals surface area contributed by atoms with Crippen molar-refractivity contribution in [3.63, 3.8) is 0 Å². The van der Waals surface area contributed by atoms with Crippen molar-refractivity contribution in [2.75, 3.05) is 0 Å². The van der Waals surface area contributed by atoms with E-state index in [2.05, 4.69) is 65.8 Å². The minimum atomic E-state index is -0.944. The molecule has 0 amide bonds. The third kappa shape index (κ3) is 4.24. The van der Waals surface area contributed by atoms with Crippen LogP contribution >= 0.6 is 0 Å². The van der Waals surface area contributed by atoms with Gasteiger partial charge in [0, 0.05) is 18.5 Å². The summed E-state index contributed by atoms with van der Waals surface area (Å²) in [6.07, 6.45) is 8.37. The van der Waals surface area contributed by atoms with Gasteiger partial charge in [0.25, 0.3) is 0 Å². The predicted molar refractivity (Wildman–Crippen MR) is 134 cm³/mol. The molecule has 0 unspecified atom stereocenters. The third-order valence-electron chi connectivity index (χ3n) is 6.52. The second kappa shape index (κ2) is 8.91. The summed E-state index contributed by atoms with van der Waals surface area (Å²) in [5, 5.41) is 14.5. The molecular formula is C29H26N2O2. The number of allylic oxidation sites excluding steroid dienone is 1. The van der Waals surface area contributed by atoms with Crippen LogP contribution in [0, 0.1) is 5.92 Å². The molecule has 4 aromatic rings. The van der Waals surface area contributed by atoms with Crippen molar-refractivity contribution >= 4 is 34.1 Å². The van der Waals surface area contributed by atoms with E-state index >= 15 is 0 Å². The normalized spacial score (nSPS) is 14.9. The molecule has 164 valence electrons. The summed E-state index contributed by atoms with van der Waals surface area (Å²) in [7, 11) is 1.96.